The molecule has 1 amide bonds. The van der Waals surface area contributed by atoms with E-state index in [1.165, 1.54) is 0 Å². The van der Waals surface area contributed by atoms with Gasteiger partial charge >= 0.3 is 5.97 Å². The average Bonchev–Trinajstić information content (AvgIpc) is 2.72. The van der Waals surface area contributed by atoms with Crippen LogP contribution in [0, 0.1) is 5.92 Å². The molecule has 0 atom stereocenters. The van der Waals surface area contributed by atoms with E-state index in [1.807, 2.05) is 4.90 Å². The highest BCUT2D eigenvalue weighted by Crippen LogP contribution is 2.20. The Morgan fingerprint density at radius 1 is 1.07 bits per heavy atom. The highest BCUT2D eigenvalue weighted by molar-refractivity contribution is 5.87. The Morgan fingerprint density at radius 3 is 2.37 bits per heavy atom. The predicted octanol–water partition coefficient (Wildman–Crippen LogP) is 1.72. The van der Waals surface area contributed by atoms with Crippen molar-refractivity contribution in [1.82, 2.24) is 9.80 Å². The molecule has 1 aromatic rings. The number of piperidine rings is 1. The standard InChI is InChI=1S/C20H28N2O5/c23-19(22-11-14-26-15-12-22)16-6-9-21(10-7-16)8-1-13-27-18-4-2-17(3-5-18)20(24)25/h2-5,16H,1,6-15H2,(H,24,25). The van der Waals surface area contributed by atoms with Gasteiger partial charge in [0.1, 0.15) is 5.75 Å². The van der Waals surface area contributed by atoms with Gasteiger partial charge < -0.3 is 24.4 Å². The minimum Gasteiger partial charge on any atom is -0.494 e. The van der Waals surface area contributed by atoms with Crippen molar-refractivity contribution in [2.45, 2.75) is 19.3 Å². The molecule has 7 nitrogen and oxygen atoms in total. The lowest BCUT2D eigenvalue weighted by molar-refractivity contribution is -0.141. The van der Waals surface area contributed by atoms with E-state index in [0.29, 0.717) is 31.5 Å². The van der Waals surface area contributed by atoms with Gasteiger partial charge in [-0.1, -0.05) is 0 Å². The number of amides is 1. The molecule has 0 bridgehead atoms. The fourth-order valence-corrected chi connectivity index (χ4v) is 3.62. The second kappa shape index (κ2) is 9.71. The number of rotatable bonds is 7. The van der Waals surface area contributed by atoms with E-state index >= 15 is 0 Å². The van der Waals surface area contributed by atoms with Crippen LogP contribution >= 0.6 is 0 Å². The maximum atomic E-state index is 12.5. The predicted molar refractivity (Wildman–Crippen MR) is 100 cm³/mol. The first-order chi connectivity index (χ1) is 13.1. The number of ether oxygens (including phenoxy) is 2. The van der Waals surface area contributed by atoms with Crippen molar-refractivity contribution in [3.63, 3.8) is 0 Å². The zero-order valence-electron chi connectivity index (χ0n) is 15.6. The maximum Gasteiger partial charge on any atom is 0.335 e. The number of morpholine rings is 1. The van der Waals surface area contributed by atoms with Gasteiger partial charge in [-0.05, 0) is 56.6 Å². The summed E-state index contributed by atoms with van der Waals surface area (Å²) in [6, 6.07) is 6.47. The van der Waals surface area contributed by atoms with Crippen molar-refractivity contribution in [2.24, 2.45) is 5.92 Å². The monoisotopic (exact) mass is 376 g/mol. The van der Waals surface area contributed by atoms with Crippen molar-refractivity contribution in [3.05, 3.63) is 29.8 Å². The first-order valence-electron chi connectivity index (χ1n) is 9.68. The molecular weight excluding hydrogens is 348 g/mol. The summed E-state index contributed by atoms with van der Waals surface area (Å²) in [6.45, 7) is 6.22. The normalized spacial score (nSPS) is 19.0. The topological polar surface area (TPSA) is 79.3 Å². The molecule has 2 aliphatic rings. The number of aromatic carboxylic acids is 1. The third-order valence-electron chi connectivity index (χ3n) is 5.25. The van der Waals surface area contributed by atoms with Gasteiger partial charge in [0.05, 0.1) is 25.4 Å². The van der Waals surface area contributed by atoms with Gasteiger partial charge in [-0.2, -0.15) is 0 Å². The van der Waals surface area contributed by atoms with Crippen LogP contribution in [-0.2, 0) is 9.53 Å². The number of carboxylic acids is 1. The molecule has 2 aliphatic heterocycles. The highest BCUT2D eigenvalue weighted by Gasteiger charge is 2.29. The Labute approximate surface area is 159 Å². The van der Waals surface area contributed by atoms with Crippen LogP contribution in [0.2, 0.25) is 0 Å². The Hall–Kier alpha value is -2.12. The molecule has 148 valence electrons. The number of carbonyl (C=O) groups excluding carboxylic acids is 1. The number of likely N-dealkylation sites (tertiary alicyclic amines) is 1. The zero-order valence-corrected chi connectivity index (χ0v) is 15.6. The minimum atomic E-state index is -0.933. The Balaban J connectivity index is 1.31. The largest absolute Gasteiger partial charge is 0.494 e. The molecule has 0 aliphatic carbocycles. The van der Waals surface area contributed by atoms with Crippen LogP contribution in [0.1, 0.15) is 29.6 Å². The van der Waals surface area contributed by atoms with E-state index in [0.717, 1.165) is 52.0 Å². The molecule has 0 spiro atoms. The number of hydrogen-bond donors (Lipinski definition) is 1. The molecule has 3 rings (SSSR count). The molecule has 2 saturated heterocycles. The van der Waals surface area contributed by atoms with Gasteiger partial charge in [0.25, 0.3) is 0 Å². The smallest absolute Gasteiger partial charge is 0.335 e. The molecule has 2 heterocycles. The minimum absolute atomic E-state index is 0.156. The van der Waals surface area contributed by atoms with Crippen LogP contribution in [0.4, 0.5) is 0 Å². The van der Waals surface area contributed by atoms with E-state index in [2.05, 4.69) is 4.90 Å². The Bertz CT molecular complexity index is 620. The lowest BCUT2D eigenvalue weighted by atomic mass is 9.95. The van der Waals surface area contributed by atoms with Gasteiger partial charge in [-0.3, -0.25) is 4.79 Å². The van der Waals surface area contributed by atoms with E-state index in [9.17, 15) is 9.59 Å². The zero-order chi connectivity index (χ0) is 19.1. The lowest BCUT2D eigenvalue weighted by Crippen LogP contribution is -2.46. The fourth-order valence-electron chi connectivity index (χ4n) is 3.62. The molecule has 0 radical (unpaired) electrons. The summed E-state index contributed by atoms with van der Waals surface area (Å²) in [5.74, 6) is 0.210. The second-order valence-corrected chi connectivity index (χ2v) is 7.09. The third-order valence-corrected chi connectivity index (χ3v) is 5.25. The summed E-state index contributed by atoms with van der Waals surface area (Å²) < 4.78 is 11.0. The Morgan fingerprint density at radius 2 is 1.74 bits per heavy atom. The van der Waals surface area contributed by atoms with Crippen molar-refractivity contribution in [1.29, 1.82) is 0 Å². The summed E-state index contributed by atoms with van der Waals surface area (Å²) in [5.41, 5.74) is 0.261. The first kappa shape index (κ1) is 19.6. The van der Waals surface area contributed by atoms with Gasteiger partial charge in [0.15, 0.2) is 0 Å². The first-order valence-corrected chi connectivity index (χ1v) is 9.68. The van der Waals surface area contributed by atoms with Crippen LogP contribution < -0.4 is 4.74 Å². The molecule has 1 aromatic carbocycles. The van der Waals surface area contributed by atoms with Crippen LogP contribution in [0.5, 0.6) is 5.75 Å². The molecule has 1 N–H and O–H groups in total. The summed E-state index contributed by atoms with van der Waals surface area (Å²) in [4.78, 5) is 27.7. The third kappa shape index (κ3) is 5.68. The summed E-state index contributed by atoms with van der Waals surface area (Å²) in [7, 11) is 0. The van der Waals surface area contributed by atoms with Crippen molar-refractivity contribution in [2.75, 3.05) is 52.5 Å². The molecule has 0 unspecified atom stereocenters. The molecular formula is C20H28N2O5. The van der Waals surface area contributed by atoms with Crippen molar-refractivity contribution < 1.29 is 24.2 Å². The number of benzene rings is 1. The van der Waals surface area contributed by atoms with Crippen molar-refractivity contribution >= 4 is 11.9 Å². The van der Waals surface area contributed by atoms with E-state index in [1.54, 1.807) is 24.3 Å². The number of carbonyl (C=O) groups is 2. The van der Waals surface area contributed by atoms with Crippen LogP contribution in [0.25, 0.3) is 0 Å². The van der Waals surface area contributed by atoms with E-state index in [4.69, 9.17) is 14.6 Å². The van der Waals surface area contributed by atoms with Gasteiger partial charge in [-0.15, -0.1) is 0 Å². The Kier molecular flexibility index (Phi) is 7.06. The quantitative estimate of drug-likeness (QED) is 0.730. The molecule has 27 heavy (non-hydrogen) atoms. The van der Waals surface area contributed by atoms with Crippen molar-refractivity contribution in [3.8, 4) is 5.75 Å². The fraction of sp³-hybridized carbons (Fsp3) is 0.600. The summed E-state index contributed by atoms with van der Waals surface area (Å²) in [5, 5.41) is 8.89. The number of carboxylic acid groups (broad SMARTS) is 1. The van der Waals surface area contributed by atoms with Gasteiger partial charge in [0, 0.05) is 25.6 Å². The second-order valence-electron chi connectivity index (χ2n) is 7.09. The molecule has 0 saturated carbocycles. The van der Waals surface area contributed by atoms with Gasteiger partial charge in [0.2, 0.25) is 5.91 Å². The van der Waals surface area contributed by atoms with Gasteiger partial charge in [-0.25, -0.2) is 4.79 Å². The van der Waals surface area contributed by atoms with E-state index in [-0.39, 0.29) is 11.5 Å². The maximum absolute atomic E-state index is 12.5. The van der Waals surface area contributed by atoms with Crippen LogP contribution in [-0.4, -0.2) is 79.3 Å². The van der Waals surface area contributed by atoms with Crippen LogP contribution in [0.3, 0.4) is 0 Å². The SMILES string of the molecule is O=C(O)c1ccc(OCCCN2CCC(C(=O)N3CCOCC3)CC2)cc1. The summed E-state index contributed by atoms with van der Waals surface area (Å²) in [6.07, 6.45) is 2.75. The molecule has 7 heteroatoms. The number of nitrogens with zero attached hydrogens (tertiary/aromatic N) is 2. The van der Waals surface area contributed by atoms with E-state index < -0.39 is 5.97 Å². The average molecular weight is 376 g/mol. The lowest BCUT2D eigenvalue weighted by Gasteiger charge is -2.35. The molecule has 0 aromatic heterocycles. The summed E-state index contributed by atoms with van der Waals surface area (Å²) >= 11 is 0. The highest BCUT2D eigenvalue weighted by atomic mass is 16.5. The molecule has 2 fully saturated rings. The number of hydrogen-bond acceptors (Lipinski definition) is 5. The van der Waals surface area contributed by atoms with Crippen LogP contribution in [0.15, 0.2) is 24.3 Å².